The Bertz CT molecular complexity index is 1170. The average Bonchev–Trinajstić information content (AvgIpc) is 3.03. The number of fused-ring (bicyclic) bond motifs is 1. The van der Waals surface area contributed by atoms with Crippen LogP contribution < -0.4 is 11.5 Å². The molecule has 0 amide bonds. The van der Waals surface area contributed by atoms with Crippen LogP contribution >= 0.6 is 11.3 Å². The lowest BCUT2D eigenvalue weighted by atomic mass is 9.98. The van der Waals surface area contributed by atoms with E-state index in [-0.39, 0.29) is 0 Å². The van der Waals surface area contributed by atoms with Gasteiger partial charge in [-0.3, -0.25) is 9.08 Å². The summed E-state index contributed by atoms with van der Waals surface area (Å²) in [4.78, 5) is 12.8. The number of carbonyl (C=O) groups excluding carboxylic acids is 1. The first-order valence-corrected chi connectivity index (χ1v) is 10.7. The summed E-state index contributed by atoms with van der Waals surface area (Å²) in [5.41, 5.74) is 14.4. The van der Waals surface area contributed by atoms with Gasteiger partial charge in [0.25, 0.3) is 0 Å². The minimum atomic E-state index is -4.23. The molecule has 7 nitrogen and oxygen atoms in total. The maximum absolute atomic E-state index is 12.5. The van der Waals surface area contributed by atoms with E-state index < -0.39 is 27.6 Å². The van der Waals surface area contributed by atoms with Crippen molar-refractivity contribution in [3.8, 4) is 11.1 Å². The van der Waals surface area contributed by atoms with Crippen LogP contribution in [0.15, 0.2) is 47.6 Å². The maximum atomic E-state index is 12.5. The first kappa shape index (κ1) is 19.8. The van der Waals surface area contributed by atoms with E-state index in [9.17, 15) is 13.2 Å². The van der Waals surface area contributed by atoms with E-state index in [2.05, 4.69) is 27.6 Å². The summed E-state index contributed by atoms with van der Waals surface area (Å²) in [5.74, 6) is -1.98. The predicted octanol–water partition coefficient (Wildman–Crippen LogP) is 2.90. The number of ketones is 1. The third-order valence-corrected chi connectivity index (χ3v) is 5.99. The molecular formula is C19H19N3O4S2. The van der Waals surface area contributed by atoms with Crippen LogP contribution in [0.1, 0.15) is 20.8 Å². The summed E-state index contributed by atoms with van der Waals surface area (Å²) in [6.45, 7) is 4.06. The SMILES string of the molecule is Cc1cc(C)cc(-c2cccc3sc(C(=O)CS(=O)(=O)ON=C(N)N)cc23)c1. The van der Waals surface area contributed by atoms with Gasteiger partial charge in [-0.2, -0.15) is 8.42 Å². The fourth-order valence-corrected chi connectivity index (χ4v) is 4.78. The molecule has 3 aromatic rings. The van der Waals surface area contributed by atoms with Gasteiger partial charge in [-0.15, -0.1) is 11.3 Å². The molecule has 0 aliphatic rings. The van der Waals surface area contributed by atoms with Crippen molar-refractivity contribution < 1.29 is 17.5 Å². The number of nitrogens with two attached hydrogens (primary N) is 2. The number of Topliss-reactive ketones (excluding diaryl/α,β-unsaturated/α-hetero) is 1. The van der Waals surface area contributed by atoms with Crippen LogP contribution in [0.25, 0.3) is 21.2 Å². The monoisotopic (exact) mass is 417 g/mol. The third kappa shape index (κ3) is 4.49. The quantitative estimate of drug-likeness (QED) is 0.275. The lowest BCUT2D eigenvalue weighted by Gasteiger charge is -2.06. The maximum Gasteiger partial charge on any atom is 0.336 e. The number of nitrogens with zero attached hydrogens (tertiary/aromatic N) is 1. The highest BCUT2D eigenvalue weighted by molar-refractivity contribution is 7.87. The Morgan fingerprint density at radius 2 is 1.79 bits per heavy atom. The molecule has 0 unspecified atom stereocenters. The minimum Gasteiger partial charge on any atom is -0.367 e. The number of rotatable bonds is 6. The third-order valence-electron chi connectivity index (χ3n) is 3.93. The molecule has 1 heterocycles. The second-order valence-corrected chi connectivity index (χ2v) is 9.06. The van der Waals surface area contributed by atoms with E-state index in [1.807, 2.05) is 32.0 Å². The largest absolute Gasteiger partial charge is 0.367 e. The Hall–Kier alpha value is -2.91. The molecule has 0 saturated carbocycles. The molecule has 0 spiro atoms. The highest BCUT2D eigenvalue weighted by Gasteiger charge is 2.22. The Balaban J connectivity index is 1.97. The van der Waals surface area contributed by atoms with E-state index in [0.29, 0.717) is 4.88 Å². The summed E-state index contributed by atoms with van der Waals surface area (Å²) in [7, 11) is -4.23. The Morgan fingerprint density at radius 1 is 1.11 bits per heavy atom. The second-order valence-electron chi connectivity index (χ2n) is 6.42. The molecule has 0 radical (unpaired) electrons. The first-order valence-electron chi connectivity index (χ1n) is 8.29. The highest BCUT2D eigenvalue weighted by atomic mass is 32.2. The Labute approximate surface area is 166 Å². The fourth-order valence-electron chi connectivity index (χ4n) is 2.94. The fraction of sp³-hybridized carbons (Fsp3) is 0.158. The van der Waals surface area contributed by atoms with Gasteiger partial charge in [-0.1, -0.05) is 41.5 Å². The molecule has 0 bridgehead atoms. The van der Waals surface area contributed by atoms with Gasteiger partial charge >= 0.3 is 10.1 Å². The van der Waals surface area contributed by atoms with Gasteiger partial charge in [0, 0.05) is 10.1 Å². The number of guanidine groups is 1. The second kappa shape index (κ2) is 7.61. The zero-order valence-corrected chi connectivity index (χ0v) is 16.9. The highest BCUT2D eigenvalue weighted by Crippen LogP contribution is 2.35. The number of hydrogen-bond donors (Lipinski definition) is 2. The van der Waals surface area contributed by atoms with Crippen LogP contribution in [-0.4, -0.2) is 25.9 Å². The van der Waals surface area contributed by atoms with E-state index in [1.165, 1.54) is 11.3 Å². The van der Waals surface area contributed by atoms with E-state index in [0.717, 1.165) is 32.3 Å². The van der Waals surface area contributed by atoms with Gasteiger partial charge in [-0.25, -0.2) is 0 Å². The van der Waals surface area contributed by atoms with Crippen LogP contribution in [-0.2, 0) is 14.4 Å². The van der Waals surface area contributed by atoms with Crippen molar-refractivity contribution >= 4 is 43.3 Å². The van der Waals surface area contributed by atoms with Gasteiger partial charge in [0.1, 0.15) is 0 Å². The lowest BCUT2D eigenvalue weighted by molar-refractivity contribution is 0.102. The topological polar surface area (TPSA) is 125 Å². The number of hydrogen-bond acceptors (Lipinski definition) is 6. The Kier molecular flexibility index (Phi) is 5.39. The van der Waals surface area contributed by atoms with Crippen molar-refractivity contribution in [3.63, 3.8) is 0 Å². The normalized spacial score (nSPS) is 11.4. The molecule has 2 aromatic carbocycles. The summed E-state index contributed by atoms with van der Waals surface area (Å²) >= 11 is 1.23. The minimum absolute atomic E-state index is 0.323. The van der Waals surface area contributed by atoms with Crippen LogP contribution in [0.3, 0.4) is 0 Å². The molecule has 0 aliphatic heterocycles. The van der Waals surface area contributed by atoms with Gasteiger partial charge in [0.15, 0.2) is 11.5 Å². The van der Waals surface area contributed by atoms with Crippen molar-refractivity contribution in [3.05, 3.63) is 58.5 Å². The van der Waals surface area contributed by atoms with Crippen molar-refractivity contribution in [2.24, 2.45) is 16.6 Å². The smallest absolute Gasteiger partial charge is 0.336 e. The zero-order valence-electron chi connectivity index (χ0n) is 15.3. The molecule has 9 heteroatoms. The summed E-state index contributed by atoms with van der Waals surface area (Å²) in [6, 6.07) is 13.8. The molecule has 0 aliphatic carbocycles. The summed E-state index contributed by atoms with van der Waals surface area (Å²) < 4.78 is 28.8. The average molecular weight is 418 g/mol. The molecular weight excluding hydrogens is 398 g/mol. The van der Waals surface area contributed by atoms with Crippen LogP contribution in [0.4, 0.5) is 0 Å². The predicted molar refractivity (Wildman–Crippen MR) is 112 cm³/mol. The number of carbonyl (C=O) groups is 1. The van der Waals surface area contributed by atoms with Gasteiger partial charge in [0.2, 0.25) is 5.96 Å². The lowest BCUT2D eigenvalue weighted by Crippen LogP contribution is -2.24. The molecule has 146 valence electrons. The molecule has 28 heavy (non-hydrogen) atoms. The van der Waals surface area contributed by atoms with Gasteiger partial charge < -0.3 is 11.5 Å². The number of thiophene rings is 1. The standard InChI is InChI=1S/C19H19N3O4S2/c1-11-6-12(2)8-13(7-11)14-4-3-5-17-15(14)9-18(27-17)16(23)10-28(24,25)26-22-19(20)21/h3-9H,10H2,1-2H3,(H4,20,21,22). The Morgan fingerprint density at radius 3 is 2.43 bits per heavy atom. The molecule has 4 N–H and O–H groups in total. The summed E-state index contributed by atoms with van der Waals surface area (Å²) in [6.07, 6.45) is 0. The molecule has 0 fully saturated rings. The number of benzene rings is 2. The van der Waals surface area contributed by atoms with Crippen molar-refractivity contribution in [1.82, 2.24) is 0 Å². The van der Waals surface area contributed by atoms with Crippen molar-refractivity contribution in [2.45, 2.75) is 13.8 Å². The number of aryl methyl sites for hydroxylation is 2. The molecule has 1 aromatic heterocycles. The zero-order chi connectivity index (χ0) is 20.5. The van der Waals surface area contributed by atoms with Gasteiger partial charge in [-0.05, 0) is 42.3 Å². The van der Waals surface area contributed by atoms with Crippen molar-refractivity contribution in [1.29, 1.82) is 0 Å². The molecule has 0 saturated heterocycles. The van der Waals surface area contributed by atoms with E-state index in [1.54, 1.807) is 6.07 Å². The summed E-state index contributed by atoms with van der Waals surface area (Å²) in [5, 5.41) is 3.88. The van der Waals surface area contributed by atoms with Crippen LogP contribution in [0, 0.1) is 13.8 Å². The van der Waals surface area contributed by atoms with E-state index >= 15 is 0 Å². The van der Waals surface area contributed by atoms with Gasteiger partial charge in [0.05, 0.1) is 4.88 Å². The van der Waals surface area contributed by atoms with E-state index in [4.69, 9.17) is 11.5 Å². The molecule has 3 rings (SSSR count). The van der Waals surface area contributed by atoms with Crippen LogP contribution in [0.5, 0.6) is 0 Å². The van der Waals surface area contributed by atoms with Crippen LogP contribution in [0.2, 0.25) is 0 Å². The number of oxime groups is 1. The van der Waals surface area contributed by atoms with Crippen molar-refractivity contribution in [2.75, 3.05) is 5.75 Å². The molecule has 0 atom stereocenters. The first-order chi connectivity index (χ1) is 13.1.